The summed E-state index contributed by atoms with van der Waals surface area (Å²) in [6.07, 6.45) is 4.18. The lowest BCUT2D eigenvalue weighted by molar-refractivity contribution is 0.0555. The standard InChI is InChI=1S/C28H34N2O5/c1-29(28(32)27-8-5-15-35-27)25(17-20-6-4-7-23(16-20)33-2)21-11-13-30(14-12-21)19-22-18-24(34-3)9-10-26(22)31/h4-10,15-16,18,21,25,31H,11-14,17,19H2,1-3H3. The third-order valence-corrected chi connectivity index (χ3v) is 6.99. The molecule has 2 heterocycles. The molecule has 1 N–H and O–H groups in total. The molecule has 0 bridgehead atoms. The molecule has 1 aromatic heterocycles. The number of methoxy groups -OCH3 is 2. The zero-order valence-corrected chi connectivity index (χ0v) is 20.6. The Labute approximate surface area is 206 Å². The number of hydrogen-bond donors (Lipinski definition) is 1. The summed E-state index contributed by atoms with van der Waals surface area (Å²) in [7, 11) is 5.17. The van der Waals surface area contributed by atoms with E-state index in [1.54, 1.807) is 38.5 Å². The molecule has 1 saturated heterocycles. The smallest absolute Gasteiger partial charge is 0.289 e. The van der Waals surface area contributed by atoms with E-state index in [4.69, 9.17) is 13.9 Å². The van der Waals surface area contributed by atoms with Crippen LogP contribution in [0.2, 0.25) is 0 Å². The van der Waals surface area contributed by atoms with Gasteiger partial charge < -0.3 is 23.9 Å². The summed E-state index contributed by atoms with van der Waals surface area (Å²) in [5, 5.41) is 10.3. The van der Waals surface area contributed by atoms with Crippen molar-refractivity contribution in [2.24, 2.45) is 5.92 Å². The highest BCUT2D eigenvalue weighted by molar-refractivity contribution is 5.91. The topological polar surface area (TPSA) is 75.4 Å². The molecule has 0 aliphatic carbocycles. The van der Waals surface area contributed by atoms with Crippen molar-refractivity contribution in [1.82, 2.24) is 9.80 Å². The Morgan fingerprint density at radius 1 is 1.09 bits per heavy atom. The van der Waals surface area contributed by atoms with Gasteiger partial charge in [-0.15, -0.1) is 0 Å². The number of likely N-dealkylation sites (N-methyl/N-ethyl adjacent to an activating group) is 1. The zero-order valence-electron chi connectivity index (χ0n) is 20.6. The number of ether oxygens (including phenoxy) is 2. The first kappa shape index (κ1) is 24.7. The number of amides is 1. The van der Waals surface area contributed by atoms with Crippen LogP contribution >= 0.6 is 0 Å². The quantitative estimate of drug-likeness (QED) is 0.485. The summed E-state index contributed by atoms with van der Waals surface area (Å²) in [5.41, 5.74) is 2.00. The van der Waals surface area contributed by atoms with Crippen LogP contribution in [-0.4, -0.2) is 61.2 Å². The molecule has 7 nitrogen and oxygen atoms in total. The van der Waals surface area contributed by atoms with Gasteiger partial charge in [-0.3, -0.25) is 9.69 Å². The van der Waals surface area contributed by atoms with Crippen molar-refractivity contribution in [2.75, 3.05) is 34.4 Å². The Balaban J connectivity index is 1.48. The second kappa shape index (κ2) is 11.3. The van der Waals surface area contributed by atoms with E-state index < -0.39 is 0 Å². The number of phenolic OH excluding ortho intramolecular Hbond substituents is 1. The fourth-order valence-electron chi connectivity index (χ4n) is 4.94. The number of carbonyl (C=O) groups is 1. The van der Waals surface area contributed by atoms with Crippen molar-refractivity contribution in [3.05, 3.63) is 77.7 Å². The number of hydrogen-bond acceptors (Lipinski definition) is 6. The Hall–Kier alpha value is -3.45. The Bertz CT molecular complexity index is 1110. The van der Waals surface area contributed by atoms with Crippen LogP contribution in [0.15, 0.2) is 65.3 Å². The van der Waals surface area contributed by atoms with Crippen molar-refractivity contribution in [2.45, 2.75) is 31.8 Å². The average molecular weight is 479 g/mol. The summed E-state index contributed by atoms with van der Waals surface area (Å²) in [6.45, 7) is 2.44. The average Bonchev–Trinajstić information content (AvgIpc) is 3.43. The molecule has 0 radical (unpaired) electrons. The Morgan fingerprint density at radius 2 is 1.83 bits per heavy atom. The summed E-state index contributed by atoms with van der Waals surface area (Å²) in [4.78, 5) is 17.4. The molecule has 2 aromatic carbocycles. The number of carbonyl (C=O) groups excluding carboxylic acids is 1. The van der Waals surface area contributed by atoms with Gasteiger partial charge in [-0.1, -0.05) is 12.1 Å². The van der Waals surface area contributed by atoms with E-state index >= 15 is 0 Å². The lowest BCUT2D eigenvalue weighted by atomic mass is 9.84. The molecule has 1 fully saturated rings. The number of phenols is 1. The predicted octanol–water partition coefficient (Wildman–Crippen LogP) is 4.60. The molecule has 1 atom stereocenters. The molecule has 7 heteroatoms. The van der Waals surface area contributed by atoms with Crippen molar-refractivity contribution >= 4 is 5.91 Å². The number of piperidine rings is 1. The van der Waals surface area contributed by atoms with Gasteiger partial charge in [0.25, 0.3) is 5.91 Å². The van der Waals surface area contributed by atoms with E-state index in [-0.39, 0.29) is 17.7 Å². The van der Waals surface area contributed by atoms with Crippen molar-refractivity contribution < 1.29 is 23.8 Å². The number of rotatable bonds is 9. The van der Waals surface area contributed by atoms with Crippen molar-refractivity contribution in [1.29, 1.82) is 0 Å². The maximum atomic E-state index is 13.2. The van der Waals surface area contributed by atoms with Gasteiger partial charge in [0.05, 0.1) is 20.5 Å². The normalized spacial score (nSPS) is 15.5. The van der Waals surface area contributed by atoms with Gasteiger partial charge in [0.1, 0.15) is 17.2 Å². The minimum atomic E-state index is -0.105. The molecule has 186 valence electrons. The lowest BCUT2D eigenvalue weighted by Gasteiger charge is -2.40. The third-order valence-electron chi connectivity index (χ3n) is 6.99. The van der Waals surface area contributed by atoms with E-state index in [1.807, 2.05) is 36.2 Å². The van der Waals surface area contributed by atoms with Crippen LogP contribution in [0.4, 0.5) is 0 Å². The highest BCUT2D eigenvalue weighted by atomic mass is 16.5. The van der Waals surface area contributed by atoms with E-state index in [0.29, 0.717) is 18.2 Å². The third kappa shape index (κ3) is 5.98. The first-order chi connectivity index (χ1) is 17.0. The van der Waals surface area contributed by atoms with Crippen LogP contribution < -0.4 is 9.47 Å². The minimum Gasteiger partial charge on any atom is -0.508 e. The second-order valence-electron chi connectivity index (χ2n) is 9.12. The van der Waals surface area contributed by atoms with Crippen LogP contribution in [0.25, 0.3) is 0 Å². The van der Waals surface area contributed by atoms with E-state index in [9.17, 15) is 9.90 Å². The molecule has 4 rings (SSSR count). The number of furan rings is 1. The van der Waals surface area contributed by atoms with Crippen LogP contribution in [0, 0.1) is 5.92 Å². The first-order valence-corrected chi connectivity index (χ1v) is 12.0. The summed E-state index contributed by atoms with van der Waals surface area (Å²) in [6, 6.07) is 16.9. The molecule has 35 heavy (non-hydrogen) atoms. The highest BCUT2D eigenvalue weighted by Crippen LogP contribution is 2.30. The van der Waals surface area contributed by atoms with Crippen molar-refractivity contribution in [3.8, 4) is 17.2 Å². The van der Waals surface area contributed by atoms with Gasteiger partial charge in [0, 0.05) is 25.2 Å². The first-order valence-electron chi connectivity index (χ1n) is 12.0. The molecule has 1 aliphatic heterocycles. The fraction of sp³-hybridized carbons (Fsp3) is 0.393. The SMILES string of the molecule is COc1cccc(CC(C2CCN(Cc3cc(OC)ccc3O)CC2)N(C)C(=O)c2ccco2)c1. The van der Waals surface area contributed by atoms with Crippen LogP contribution in [0.1, 0.15) is 34.5 Å². The van der Waals surface area contributed by atoms with Gasteiger partial charge in [-0.05, 0) is 86.3 Å². The van der Waals surface area contributed by atoms with Crippen LogP contribution in [0.5, 0.6) is 17.2 Å². The lowest BCUT2D eigenvalue weighted by Crippen LogP contribution is -2.47. The van der Waals surface area contributed by atoms with E-state index in [2.05, 4.69) is 11.0 Å². The predicted molar refractivity (Wildman–Crippen MR) is 134 cm³/mol. The maximum absolute atomic E-state index is 13.2. The second-order valence-corrected chi connectivity index (χ2v) is 9.12. The minimum absolute atomic E-state index is 0.0204. The van der Waals surface area contributed by atoms with Crippen LogP contribution in [-0.2, 0) is 13.0 Å². The molecular formula is C28H34N2O5. The molecule has 0 spiro atoms. The van der Waals surface area contributed by atoms with E-state index in [0.717, 1.165) is 55.0 Å². The zero-order chi connectivity index (χ0) is 24.8. The monoisotopic (exact) mass is 478 g/mol. The van der Waals surface area contributed by atoms with Gasteiger partial charge in [-0.2, -0.15) is 0 Å². The largest absolute Gasteiger partial charge is 0.508 e. The summed E-state index contributed by atoms with van der Waals surface area (Å²) < 4.78 is 16.1. The Kier molecular flexibility index (Phi) is 7.98. The van der Waals surface area contributed by atoms with Crippen LogP contribution in [0.3, 0.4) is 0 Å². The van der Waals surface area contributed by atoms with E-state index in [1.165, 1.54) is 6.26 Å². The molecule has 1 unspecified atom stereocenters. The number of likely N-dealkylation sites (tertiary alicyclic amines) is 1. The summed E-state index contributed by atoms with van der Waals surface area (Å²) in [5.74, 6) is 2.42. The maximum Gasteiger partial charge on any atom is 0.289 e. The van der Waals surface area contributed by atoms with Gasteiger partial charge in [0.15, 0.2) is 5.76 Å². The fourth-order valence-corrected chi connectivity index (χ4v) is 4.94. The molecule has 1 amide bonds. The summed E-state index contributed by atoms with van der Waals surface area (Å²) >= 11 is 0. The highest BCUT2D eigenvalue weighted by Gasteiger charge is 2.33. The Morgan fingerprint density at radius 3 is 2.51 bits per heavy atom. The van der Waals surface area contributed by atoms with Gasteiger partial charge in [-0.25, -0.2) is 0 Å². The molecule has 3 aromatic rings. The number of benzene rings is 2. The van der Waals surface area contributed by atoms with Gasteiger partial charge in [0.2, 0.25) is 0 Å². The molecular weight excluding hydrogens is 444 g/mol. The molecule has 0 saturated carbocycles. The molecule has 1 aliphatic rings. The van der Waals surface area contributed by atoms with Crippen molar-refractivity contribution in [3.63, 3.8) is 0 Å². The number of aromatic hydroxyl groups is 1. The van der Waals surface area contributed by atoms with Gasteiger partial charge >= 0.3 is 0 Å². The number of nitrogens with zero attached hydrogens (tertiary/aromatic N) is 2.